The lowest BCUT2D eigenvalue weighted by molar-refractivity contribution is -0.165. The van der Waals surface area contributed by atoms with Gasteiger partial charge in [0.05, 0.1) is 16.3 Å². The van der Waals surface area contributed by atoms with E-state index in [2.05, 4.69) is 10.3 Å². The van der Waals surface area contributed by atoms with E-state index in [1.807, 2.05) is 13.8 Å². The molecule has 1 aliphatic heterocycles. The summed E-state index contributed by atoms with van der Waals surface area (Å²) in [5, 5.41) is 3.22. The number of nitrogens with one attached hydrogen (secondary N) is 1. The molecule has 2 heterocycles. The van der Waals surface area contributed by atoms with Crippen molar-refractivity contribution in [3.8, 4) is 0 Å². The maximum absolute atomic E-state index is 12.7. The molecule has 1 amide bonds. The largest absolute Gasteiger partial charge is 0.459 e. The lowest BCUT2D eigenvalue weighted by Gasteiger charge is -2.41. The molecule has 1 unspecified atom stereocenters. The van der Waals surface area contributed by atoms with E-state index in [1.165, 1.54) is 6.20 Å². The molecule has 0 saturated carbocycles. The van der Waals surface area contributed by atoms with Gasteiger partial charge >= 0.3 is 5.97 Å². The van der Waals surface area contributed by atoms with E-state index < -0.39 is 28.4 Å². The number of carbonyl (C=O) groups excluding carboxylic acids is 2. The molecule has 6 heteroatoms. The van der Waals surface area contributed by atoms with E-state index in [9.17, 15) is 9.59 Å². The van der Waals surface area contributed by atoms with Gasteiger partial charge in [0.1, 0.15) is 5.60 Å². The molecule has 1 atom stereocenters. The Morgan fingerprint density at radius 1 is 1.32 bits per heavy atom. The smallest absolute Gasteiger partial charge is 0.326 e. The predicted molar refractivity (Wildman–Crippen MR) is 83.6 cm³/mol. The van der Waals surface area contributed by atoms with Crippen LogP contribution in [0.4, 0.5) is 0 Å². The molecule has 1 aromatic heterocycles. The molecule has 0 radical (unpaired) electrons. The van der Waals surface area contributed by atoms with Crippen molar-refractivity contribution in [2.75, 3.05) is 0 Å². The first-order chi connectivity index (χ1) is 9.88. The zero-order valence-electron chi connectivity index (χ0n) is 13.7. The highest BCUT2D eigenvalue weighted by molar-refractivity contribution is 6.30. The Balaban J connectivity index is 2.64. The normalized spacial score (nSPS) is 23.5. The van der Waals surface area contributed by atoms with Crippen LogP contribution in [0.2, 0.25) is 5.02 Å². The number of aromatic nitrogens is 1. The first kappa shape index (κ1) is 16.7. The summed E-state index contributed by atoms with van der Waals surface area (Å²) in [5.41, 5.74) is -1.75. The van der Waals surface area contributed by atoms with Crippen LogP contribution in [0.25, 0.3) is 0 Å². The molecule has 1 N–H and O–H groups in total. The third-order valence-electron chi connectivity index (χ3n) is 3.67. The molecule has 1 aliphatic rings. The maximum Gasteiger partial charge on any atom is 0.326 e. The fourth-order valence-electron chi connectivity index (χ4n) is 2.49. The lowest BCUT2D eigenvalue weighted by Crippen LogP contribution is -2.60. The average Bonchev–Trinajstić information content (AvgIpc) is 2.33. The molecule has 2 rings (SSSR count). The van der Waals surface area contributed by atoms with Gasteiger partial charge in [0.25, 0.3) is 0 Å². The van der Waals surface area contributed by atoms with E-state index in [4.69, 9.17) is 16.3 Å². The topological polar surface area (TPSA) is 68.3 Å². The van der Waals surface area contributed by atoms with E-state index in [-0.39, 0.29) is 0 Å². The highest BCUT2D eigenvalue weighted by Crippen LogP contribution is 2.39. The van der Waals surface area contributed by atoms with Gasteiger partial charge in [-0.25, -0.2) is 0 Å². The number of hydrogen-bond donors (Lipinski definition) is 1. The number of halogens is 1. The number of nitrogens with zero attached hydrogens (tertiary/aromatic N) is 1. The molecule has 5 nitrogen and oxygen atoms in total. The van der Waals surface area contributed by atoms with Crippen LogP contribution in [0.3, 0.4) is 0 Å². The summed E-state index contributed by atoms with van der Waals surface area (Å²) >= 11 is 6.04. The predicted octanol–water partition coefficient (Wildman–Crippen LogP) is 2.70. The van der Waals surface area contributed by atoms with Gasteiger partial charge in [-0.15, -0.1) is 0 Å². The van der Waals surface area contributed by atoms with Crippen molar-refractivity contribution >= 4 is 23.5 Å². The minimum Gasteiger partial charge on any atom is -0.459 e. The standard InChI is InChI=1S/C16H21ClN2O3/c1-14(2,3)22-13(21)16(6)10-7-9(17)8-18-11(10)15(4,5)19-12(16)20/h7-8H,1-6H3,(H,19,20). The number of ether oxygens (including phenoxy) is 1. The van der Waals surface area contributed by atoms with Crippen LogP contribution < -0.4 is 5.32 Å². The molecule has 120 valence electrons. The molecular weight excluding hydrogens is 304 g/mol. The Hall–Kier alpha value is -1.62. The number of rotatable bonds is 1. The van der Waals surface area contributed by atoms with Gasteiger partial charge in [0.15, 0.2) is 5.41 Å². The highest BCUT2D eigenvalue weighted by Gasteiger charge is 2.53. The summed E-state index contributed by atoms with van der Waals surface area (Å²) in [5.74, 6) is -1.03. The number of hydrogen-bond acceptors (Lipinski definition) is 4. The lowest BCUT2D eigenvalue weighted by atomic mass is 9.73. The molecule has 0 aliphatic carbocycles. The van der Waals surface area contributed by atoms with Crippen LogP contribution in [0, 0.1) is 0 Å². The summed E-state index contributed by atoms with van der Waals surface area (Å²) in [6.07, 6.45) is 1.51. The van der Waals surface area contributed by atoms with Crippen molar-refractivity contribution in [1.82, 2.24) is 10.3 Å². The summed E-state index contributed by atoms with van der Waals surface area (Å²) < 4.78 is 5.44. The Morgan fingerprint density at radius 3 is 2.45 bits per heavy atom. The number of carbonyl (C=O) groups is 2. The van der Waals surface area contributed by atoms with Gasteiger partial charge in [-0.05, 0) is 47.6 Å². The molecule has 0 spiro atoms. The van der Waals surface area contributed by atoms with Crippen LogP contribution in [0.5, 0.6) is 0 Å². The van der Waals surface area contributed by atoms with E-state index in [1.54, 1.807) is 33.8 Å². The third kappa shape index (κ3) is 2.70. The number of amides is 1. The van der Waals surface area contributed by atoms with Gasteiger partial charge < -0.3 is 10.1 Å². The molecule has 0 bridgehead atoms. The second-order valence-corrected chi connectivity index (χ2v) is 7.69. The molecule has 22 heavy (non-hydrogen) atoms. The monoisotopic (exact) mass is 324 g/mol. The summed E-state index contributed by atoms with van der Waals surface area (Å²) in [6, 6.07) is 1.62. The fraction of sp³-hybridized carbons (Fsp3) is 0.562. The average molecular weight is 325 g/mol. The number of fused-ring (bicyclic) bond motifs is 1. The van der Waals surface area contributed by atoms with Crippen LogP contribution in [0.1, 0.15) is 52.8 Å². The summed E-state index contributed by atoms with van der Waals surface area (Å²) in [7, 11) is 0. The summed E-state index contributed by atoms with van der Waals surface area (Å²) in [4.78, 5) is 29.7. The third-order valence-corrected chi connectivity index (χ3v) is 3.88. The first-order valence-corrected chi connectivity index (χ1v) is 7.48. The van der Waals surface area contributed by atoms with Gasteiger partial charge in [0, 0.05) is 11.8 Å². The van der Waals surface area contributed by atoms with Crippen molar-refractivity contribution in [1.29, 1.82) is 0 Å². The number of pyridine rings is 1. The van der Waals surface area contributed by atoms with Crippen molar-refractivity contribution in [3.05, 3.63) is 28.5 Å². The van der Waals surface area contributed by atoms with E-state index >= 15 is 0 Å². The summed E-state index contributed by atoms with van der Waals surface area (Å²) in [6.45, 7) is 10.5. The molecular formula is C16H21ClN2O3. The fourth-order valence-corrected chi connectivity index (χ4v) is 2.65. The van der Waals surface area contributed by atoms with E-state index in [0.717, 1.165) is 0 Å². The van der Waals surface area contributed by atoms with Gasteiger partial charge in [0.2, 0.25) is 5.91 Å². The van der Waals surface area contributed by atoms with Crippen molar-refractivity contribution in [3.63, 3.8) is 0 Å². The first-order valence-electron chi connectivity index (χ1n) is 7.10. The maximum atomic E-state index is 12.7. The Morgan fingerprint density at radius 2 is 1.91 bits per heavy atom. The second kappa shape index (κ2) is 4.95. The van der Waals surface area contributed by atoms with Crippen LogP contribution in [-0.4, -0.2) is 22.5 Å². The minimum absolute atomic E-state index is 0.374. The molecule has 1 aromatic rings. The zero-order chi connectivity index (χ0) is 16.9. The van der Waals surface area contributed by atoms with Gasteiger partial charge in [-0.2, -0.15) is 0 Å². The minimum atomic E-state index is -1.48. The van der Waals surface area contributed by atoms with Crippen molar-refractivity contribution < 1.29 is 14.3 Å². The van der Waals surface area contributed by atoms with Crippen LogP contribution in [0.15, 0.2) is 12.3 Å². The van der Waals surface area contributed by atoms with Gasteiger partial charge in [-0.1, -0.05) is 11.6 Å². The zero-order valence-corrected chi connectivity index (χ0v) is 14.5. The Labute approximate surface area is 135 Å². The molecule has 0 fully saturated rings. The van der Waals surface area contributed by atoms with Crippen LogP contribution >= 0.6 is 11.6 Å². The van der Waals surface area contributed by atoms with Crippen molar-refractivity contribution in [2.45, 2.75) is 58.1 Å². The Kier molecular flexibility index (Phi) is 3.77. The van der Waals surface area contributed by atoms with E-state index in [0.29, 0.717) is 16.3 Å². The molecule has 0 saturated heterocycles. The molecule has 0 aromatic carbocycles. The highest BCUT2D eigenvalue weighted by atomic mass is 35.5. The second-order valence-electron chi connectivity index (χ2n) is 7.26. The van der Waals surface area contributed by atoms with Crippen molar-refractivity contribution in [2.24, 2.45) is 0 Å². The van der Waals surface area contributed by atoms with Crippen LogP contribution in [-0.2, 0) is 25.3 Å². The SMILES string of the molecule is CC(C)(C)OC(=O)C1(C)C(=O)NC(C)(C)c2ncc(Cl)cc21. The number of esters is 1. The quantitative estimate of drug-likeness (QED) is 0.637. The Bertz CT molecular complexity index is 649. The van der Waals surface area contributed by atoms with Gasteiger partial charge in [-0.3, -0.25) is 14.6 Å².